The molecule has 0 aliphatic heterocycles. The van der Waals surface area contributed by atoms with Crippen LogP contribution >= 0.6 is 11.3 Å². The average Bonchev–Trinajstić information content (AvgIpc) is 2.76. The van der Waals surface area contributed by atoms with Crippen molar-refractivity contribution in [3.63, 3.8) is 0 Å². The van der Waals surface area contributed by atoms with Crippen molar-refractivity contribution in [2.45, 2.75) is 46.6 Å². The van der Waals surface area contributed by atoms with Crippen molar-refractivity contribution < 1.29 is 4.79 Å². The van der Waals surface area contributed by atoms with Crippen LogP contribution in [-0.4, -0.2) is 26.9 Å². The summed E-state index contributed by atoms with van der Waals surface area (Å²) in [6.45, 7) is 7.83. The normalized spacial score (nSPS) is 12.0. The summed E-state index contributed by atoms with van der Waals surface area (Å²) < 4.78 is 0. The van der Waals surface area contributed by atoms with E-state index in [1.165, 1.54) is 29.3 Å². The number of rotatable bonds is 6. The Bertz CT molecular complexity index is 655. The molecule has 2 aromatic rings. The van der Waals surface area contributed by atoms with Gasteiger partial charge in [-0.1, -0.05) is 0 Å². The van der Waals surface area contributed by atoms with Crippen molar-refractivity contribution >= 4 is 29.1 Å². The number of amides is 1. The zero-order chi connectivity index (χ0) is 16.1. The molecule has 0 aliphatic carbocycles. The average molecular weight is 319 g/mol. The van der Waals surface area contributed by atoms with E-state index in [-0.39, 0.29) is 17.9 Å². The highest BCUT2D eigenvalue weighted by Gasteiger charge is 2.09. The van der Waals surface area contributed by atoms with Gasteiger partial charge in [-0.05, 0) is 50.1 Å². The predicted molar refractivity (Wildman–Crippen MR) is 89.3 cm³/mol. The van der Waals surface area contributed by atoms with Crippen LogP contribution in [0.2, 0.25) is 0 Å². The van der Waals surface area contributed by atoms with Crippen molar-refractivity contribution in [2.24, 2.45) is 0 Å². The number of thiophene rings is 1. The Hall–Kier alpha value is -2.02. The fraction of sp³-hybridized carbons (Fsp3) is 0.467. The molecule has 0 fully saturated rings. The largest absolute Gasteiger partial charge is 0.352 e. The Balaban J connectivity index is 1.90. The SMILES string of the molecule is CC(=O)Nc1ncnc(NC(C)CCc2scc(C)c2C)n1. The summed E-state index contributed by atoms with van der Waals surface area (Å²) >= 11 is 1.82. The fourth-order valence-electron chi connectivity index (χ4n) is 2.03. The molecule has 0 spiro atoms. The molecule has 0 aromatic carbocycles. The van der Waals surface area contributed by atoms with Crippen molar-refractivity contribution in [3.8, 4) is 0 Å². The first kappa shape index (κ1) is 16.4. The molecule has 0 aliphatic rings. The van der Waals surface area contributed by atoms with E-state index in [1.54, 1.807) is 0 Å². The summed E-state index contributed by atoms with van der Waals surface area (Å²) in [4.78, 5) is 24.6. The fourth-order valence-corrected chi connectivity index (χ4v) is 3.10. The number of carbonyl (C=O) groups excluding carboxylic acids is 1. The van der Waals surface area contributed by atoms with Crippen LogP contribution in [0.5, 0.6) is 0 Å². The standard InChI is InChI=1S/C15H21N5OS/c1-9-7-22-13(11(9)3)6-5-10(2)18-14-16-8-17-15(20-14)19-12(4)21/h7-8,10H,5-6H2,1-4H3,(H2,16,17,18,19,20,21). The summed E-state index contributed by atoms with van der Waals surface area (Å²) in [6.07, 6.45) is 3.41. The molecule has 0 saturated carbocycles. The van der Waals surface area contributed by atoms with Crippen LogP contribution in [-0.2, 0) is 11.2 Å². The molecule has 0 bridgehead atoms. The number of hydrogen-bond donors (Lipinski definition) is 2. The summed E-state index contributed by atoms with van der Waals surface area (Å²) in [5.41, 5.74) is 2.75. The first-order chi connectivity index (χ1) is 10.5. The van der Waals surface area contributed by atoms with Crippen LogP contribution < -0.4 is 10.6 Å². The smallest absolute Gasteiger partial charge is 0.234 e. The van der Waals surface area contributed by atoms with Gasteiger partial charge in [0.15, 0.2) is 0 Å². The lowest BCUT2D eigenvalue weighted by Crippen LogP contribution is -2.19. The van der Waals surface area contributed by atoms with Crippen LogP contribution in [0, 0.1) is 13.8 Å². The molecule has 2 N–H and O–H groups in total. The van der Waals surface area contributed by atoms with E-state index in [0.29, 0.717) is 5.95 Å². The summed E-state index contributed by atoms with van der Waals surface area (Å²) in [5, 5.41) is 7.99. The molecule has 2 heterocycles. The number of nitrogens with zero attached hydrogens (tertiary/aromatic N) is 3. The number of hydrogen-bond acceptors (Lipinski definition) is 6. The highest BCUT2D eigenvalue weighted by molar-refractivity contribution is 7.10. The predicted octanol–water partition coefficient (Wildman–Crippen LogP) is 2.94. The second-order valence-electron chi connectivity index (χ2n) is 5.36. The monoisotopic (exact) mass is 319 g/mol. The highest BCUT2D eigenvalue weighted by Crippen LogP contribution is 2.23. The molecule has 0 radical (unpaired) electrons. The summed E-state index contributed by atoms with van der Waals surface area (Å²) in [7, 11) is 0. The lowest BCUT2D eigenvalue weighted by Gasteiger charge is -2.13. The number of anilines is 2. The van der Waals surface area contributed by atoms with Crippen molar-refractivity contribution in [1.82, 2.24) is 15.0 Å². The molecule has 2 rings (SSSR count). The molecule has 1 atom stereocenters. The minimum atomic E-state index is -0.200. The van der Waals surface area contributed by atoms with E-state index < -0.39 is 0 Å². The molecule has 22 heavy (non-hydrogen) atoms. The molecule has 7 heteroatoms. The van der Waals surface area contributed by atoms with Gasteiger partial charge in [-0.25, -0.2) is 9.97 Å². The van der Waals surface area contributed by atoms with Gasteiger partial charge in [0, 0.05) is 17.8 Å². The van der Waals surface area contributed by atoms with E-state index >= 15 is 0 Å². The third-order valence-electron chi connectivity index (χ3n) is 3.43. The summed E-state index contributed by atoms with van der Waals surface area (Å²) in [6, 6.07) is 0.231. The molecular weight excluding hydrogens is 298 g/mol. The molecular formula is C15H21N5OS. The Kier molecular flexibility index (Phi) is 5.43. The molecule has 1 amide bonds. The van der Waals surface area contributed by atoms with E-state index in [9.17, 15) is 4.79 Å². The molecule has 0 saturated heterocycles. The van der Waals surface area contributed by atoms with Crippen LogP contribution in [0.4, 0.5) is 11.9 Å². The number of carbonyl (C=O) groups is 1. The first-order valence-corrected chi connectivity index (χ1v) is 8.10. The maximum Gasteiger partial charge on any atom is 0.234 e. The van der Waals surface area contributed by atoms with Gasteiger partial charge in [-0.2, -0.15) is 4.98 Å². The highest BCUT2D eigenvalue weighted by atomic mass is 32.1. The molecule has 118 valence electrons. The minimum absolute atomic E-state index is 0.200. The molecule has 6 nitrogen and oxygen atoms in total. The zero-order valence-corrected chi connectivity index (χ0v) is 14.1. The Morgan fingerprint density at radius 1 is 1.32 bits per heavy atom. The number of aromatic nitrogens is 3. The minimum Gasteiger partial charge on any atom is -0.352 e. The first-order valence-electron chi connectivity index (χ1n) is 7.22. The van der Waals surface area contributed by atoms with Crippen molar-refractivity contribution in [3.05, 3.63) is 27.7 Å². The Labute approximate surface area is 134 Å². The second kappa shape index (κ2) is 7.31. The number of aryl methyl sites for hydroxylation is 2. The second-order valence-corrected chi connectivity index (χ2v) is 6.33. The van der Waals surface area contributed by atoms with E-state index in [2.05, 4.69) is 51.7 Å². The van der Waals surface area contributed by atoms with Gasteiger partial charge in [0.2, 0.25) is 17.8 Å². The van der Waals surface area contributed by atoms with Gasteiger partial charge < -0.3 is 5.32 Å². The van der Waals surface area contributed by atoms with E-state index in [4.69, 9.17) is 0 Å². The lowest BCUT2D eigenvalue weighted by atomic mass is 10.1. The van der Waals surface area contributed by atoms with Gasteiger partial charge in [0.1, 0.15) is 6.33 Å². The van der Waals surface area contributed by atoms with Crippen LogP contribution in [0.1, 0.15) is 36.3 Å². The van der Waals surface area contributed by atoms with Gasteiger partial charge in [-0.15, -0.1) is 11.3 Å². The van der Waals surface area contributed by atoms with Gasteiger partial charge in [-0.3, -0.25) is 10.1 Å². The summed E-state index contributed by atoms with van der Waals surface area (Å²) in [5.74, 6) is 0.543. The molecule has 2 aromatic heterocycles. The van der Waals surface area contributed by atoms with E-state index in [1.807, 2.05) is 11.3 Å². The zero-order valence-electron chi connectivity index (χ0n) is 13.3. The van der Waals surface area contributed by atoms with Gasteiger partial charge >= 0.3 is 0 Å². The van der Waals surface area contributed by atoms with Gasteiger partial charge in [0.05, 0.1) is 0 Å². The number of nitrogens with one attached hydrogen (secondary N) is 2. The van der Waals surface area contributed by atoms with Gasteiger partial charge in [0.25, 0.3) is 0 Å². The quantitative estimate of drug-likeness (QED) is 0.855. The van der Waals surface area contributed by atoms with Crippen molar-refractivity contribution in [2.75, 3.05) is 10.6 Å². The van der Waals surface area contributed by atoms with Crippen LogP contribution in [0.3, 0.4) is 0 Å². The Morgan fingerprint density at radius 2 is 2.05 bits per heavy atom. The maximum absolute atomic E-state index is 11.0. The maximum atomic E-state index is 11.0. The van der Waals surface area contributed by atoms with E-state index in [0.717, 1.165) is 12.8 Å². The Morgan fingerprint density at radius 3 is 2.68 bits per heavy atom. The van der Waals surface area contributed by atoms with Crippen LogP contribution in [0.25, 0.3) is 0 Å². The topological polar surface area (TPSA) is 79.8 Å². The lowest BCUT2D eigenvalue weighted by molar-refractivity contribution is -0.114. The third-order valence-corrected chi connectivity index (χ3v) is 4.69. The van der Waals surface area contributed by atoms with Crippen LogP contribution in [0.15, 0.2) is 11.7 Å². The van der Waals surface area contributed by atoms with Crippen molar-refractivity contribution in [1.29, 1.82) is 0 Å². The molecule has 1 unspecified atom stereocenters. The third kappa shape index (κ3) is 4.49.